The Morgan fingerprint density at radius 2 is 1.67 bits per heavy atom. The molecule has 15 heavy (non-hydrogen) atoms. The maximum absolute atomic E-state index is 11.3. The molecule has 2 rings (SSSR count). The zero-order valence-electron chi connectivity index (χ0n) is 7.91. The number of aryl methyl sites for hydroxylation is 1. The summed E-state index contributed by atoms with van der Waals surface area (Å²) in [5.74, 6) is -1.23. The maximum Gasteiger partial charge on any atom is 0.354 e. The van der Waals surface area contributed by atoms with E-state index in [9.17, 15) is 9.59 Å². The van der Waals surface area contributed by atoms with E-state index < -0.39 is 11.9 Å². The summed E-state index contributed by atoms with van der Waals surface area (Å²) >= 11 is 3.05. The normalized spacial score (nSPS) is 15.9. The summed E-state index contributed by atoms with van der Waals surface area (Å²) in [4.78, 5) is 22.4. The Kier molecular flexibility index (Phi) is 2.44. The van der Waals surface area contributed by atoms with Gasteiger partial charge in [-0.05, 0) is 28.4 Å². The van der Waals surface area contributed by atoms with Crippen molar-refractivity contribution < 1.29 is 14.3 Å². The minimum atomic E-state index is -0.629. The standard InChI is InChI=1S/C11H7BrO3/c1-6-2-4-7(5-3-6)8-9(12)11(14)15-10(8)13/h2-5H,1H3. The summed E-state index contributed by atoms with van der Waals surface area (Å²) in [6, 6.07) is 7.31. The highest BCUT2D eigenvalue weighted by Gasteiger charge is 2.32. The van der Waals surface area contributed by atoms with Gasteiger partial charge in [0.2, 0.25) is 0 Å². The predicted octanol–water partition coefficient (Wildman–Crippen LogP) is 2.18. The van der Waals surface area contributed by atoms with Crippen molar-refractivity contribution in [2.75, 3.05) is 0 Å². The first-order valence-electron chi connectivity index (χ1n) is 4.33. The van der Waals surface area contributed by atoms with Crippen LogP contribution < -0.4 is 0 Å². The van der Waals surface area contributed by atoms with Crippen molar-refractivity contribution in [3.8, 4) is 0 Å². The molecule has 0 amide bonds. The molecule has 76 valence electrons. The summed E-state index contributed by atoms with van der Waals surface area (Å²) in [5.41, 5.74) is 2.07. The third kappa shape index (κ3) is 1.72. The van der Waals surface area contributed by atoms with Gasteiger partial charge >= 0.3 is 11.9 Å². The molecule has 0 unspecified atom stereocenters. The number of carbonyl (C=O) groups is 2. The van der Waals surface area contributed by atoms with E-state index in [1.54, 1.807) is 12.1 Å². The van der Waals surface area contributed by atoms with Crippen LogP contribution in [0, 0.1) is 6.92 Å². The molecule has 4 heteroatoms. The van der Waals surface area contributed by atoms with Crippen LogP contribution in [0.25, 0.3) is 5.57 Å². The average molecular weight is 267 g/mol. The molecular formula is C11H7BrO3. The lowest BCUT2D eigenvalue weighted by atomic mass is 10.1. The largest absolute Gasteiger partial charge is 0.385 e. The first kappa shape index (κ1) is 10.1. The van der Waals surface area contributed by atoms with E-state index in [2.05, 4.69) is 20.7 Å². The van der Waals surface area contributed by atoms with Gasteiger partial charge < -0.3 is 4.74 Å². The SMILES string of the molecule is Cc1ccc(C2=C(Br)C(=O)OC2=O)cc1. The molecule has 0 fully saturated rings. The lowest BCUT2D eigenvalue weighted by Crippen LogP contribution is -2.01. The van der Waals surface area contributed by atoms with Crippen LogP contribution in [-0.2, 0) is 14.3 Å². The highest BCUT2D eigenvalue weighted by atomic mass is 79.9. The van der Waals surface area contributed by atoms with Gasteiger partial charge in [-0.2, -0.15) is 0 Å². The second-order valence-electron chi connectivity index (χ2n) is 3.23. The van der Waals surface area contributed by atoms with Gasteiger partial charge in [-0.15, -0.1) is 0 Å². The molecular weight excluding hydrogens is 260 g/mol. The Balaban J connectivity index is 2.51. The van der Waals surface area contributed by atoms with E-state index in [-0.39, 0.29) is 4.48 Å². The molecule has 0 aliphatic carbocycles. The van der Waals surface area contributed by atoms with Crippen molar-refractivity contribution in [2.45, 2.75) is 6.92 Å². The molecule has 3 nitrogen and oxygen atoms in total. The molecule has 1 heterocycles. The summed E-state index contributed by atoms with van der Waals surface area (Å²) < 4.78 is 4.66. The summed E-state index contributed by atoms with van der Waals surface area (Å²) in [6.07, 6.45) is 0. The molecule has 0 bridgehead atoms. The highest BCUT2D eigenvalue weighted by Crippen LogP contribution is 2.30. The lowest BCUT2D eigenvalue weighted by Gasteiger charge is -1.99. The number of esters is 2. The predicted molar refractivity (Wildman–Crippen MR) is 58.1 cm³/mol. The van der Waals surface area contributed by atoms with E-state index in [4.69, 9.17) is 0 Å². The van der Waals surface area contributed by atoms with Gasteiger partial charge in [-0.25, -0.2) is 9.59 Å². The molecule has 0 radical (unpaired) electrons. The topological polar surface area (TPSA) is 43.4 Å². The van der Waals surface area contributed by atoms with Crippen LogP contribution in [0.3, 0.4) is 0 Å². The Hall–Kier alpha value is -1.42. The molecule has 0 atom stereocenters. The number of carbonyl (C=O) groups excluding carboxylic acids is 2. The second-order valence-corrected chi connectivity index (χ2v) is 4.02. The van der Waals surface area contributed by atoms with E-state index >= 15 is 0 Å². The van der Waals surface area contributed by atoms with E-state index in [0.717, 1.165) is 5.56 Å². The zero-order chi connectivity index (χ0) is 11.0. The van der Waals surface area contributed by atoms with Gasteiger partial charge in [-0.3, -0.25) is 0 Å². The quantitative estimate of drug-likeness (QED) is 0.578. The third-order valence-corrected chi connectivity index (χ3v) is 2.85. The van der Waals surface area contributed by atoms with Gasteiger partial charge in [0.05, 0.1) is 5.57 Å². The first-order valence-corrected chi connectivity index (χ1v) is 5.12. The average Bonchev–Trinajstić information content (AvgIpc) is 2.44. The number of hydrogen-bond acceptors (Lipinski definition) is 3. The van der Waals surface area contributed by atoms with E-state index in [1.165, 1.54) is 0 Å². The van der Waals surface area contributed by atoms with Gasteiger partial charge in [-0.1, -0.05) is 29.8 Å². The van der Waals surface area contributed by atoms with Crippen molar-refractivity contribution in [1.82, 2.24) is 0 Å². The van der Waals surface area contributed by atoms with Crippen molar-refractivity contribution in [3.63, 3.8) is 0 Å². The van der Waals surface area contributed by atoms with Crippen molar-refractivity contribution in [2.24, 2.45) is 0 Å². The second kappa shape index (κ2) is 3.62. The monoisotopic (exact) mass is 266 g/mol. The van der Waals surface area contributed by atoms with Gasteiger partial charge in [0.1, 0.15) is 4.48 Å². The minimum Gasteiger partial charge on any atom is -0.385 e. The van der Waals surface area contributed by atoms with E-state index in [0.29, 0.717) is 11.1 Å². The Bertz CT molecular complexity index is 471. The van der Waals surface area contributed by atoms with Crippen molar-refractivity contribution >= 4 is 33.4 Å². The summed E-state index contributed by atoms with van der Waals surface area (Å²) in [6.45, 7) is 1.95. The number of cyclic esters (lactones) is 2. The van der Waals surface area contributed by atoms with Gasteiger partial charge in [0, 0.05) is 0 Å². The smallest absolute Gasteiger partial charge is 0.354 e. The number of benzene rings is 1. The summed E-state index contributed by atoms with van der Waals surface area (Å²) in [7, 11) is 0. The van der Waals surface area contributed by atoms with Crippen LogP contribution in [-0.4, -0.2) is 11.9 Å². The van der Waals surface area contributed by atoms with Crippen LogP contribution in [0.1, 0.15) is 11.1 Å². The molecule has 0 saturated heterocycles. The Morgan fingerprint density at radius 1 is 1.07 bits per heavy atom. The number of rotatable bonds is 1. The molecule has 0 spiro atoms. The molecule has 0 aromatic heterocycles. The number of hydrogen-bond donors (Lipinski definition) is 0. The van der Waals surface area contributed by atoms with Crippen LogP contribution in [0.2, 0.25) is 0 Å². The minimum absolute atomic E-state index is 0.191. The van der Waals surface area contributed by atoms with Crippen molar-refractivity contribution in [3.05, 3.63) is 39.9 Å². The van der Waals surface area contributed by atoms with Crippen LogP contribution in [0.5, 0.6) is 0 Å². The fraction of sp³-hybridized carbons (Fsp3) is 0.0909. The Morgan fingerprint density at radius 3 is 2.13 bits per heavy atom. The Labute approximate surface area is 94.9 Å². The number of ether oxygens (including phenoxy) is 1. The molecule has 1 aliphatic rings. The van der Waals surface area contributed by atoms with Crippen LogP contribution in [0.4, 0.5) is 0 Å². The first-order chi connectivity index (χ1) is 7.09. The number of halogens is 1. The van der Waals surface area contributed by atoms with Crippen LogP contribution >= 0.6 is 15.9 Å². The fourth-order valence-corrected chi connectivity index (χ4v) is 1.81. The molecule has 1 aromatic carbocycles. The maximum atomic E-state index is 11.3. The molecule has 1 aliphatic heterocycles. The van der Waals surface area contributed by atoms with Gasteiger partial charge in [0.15, 0.2) is 0 Å². The van der Waals surface area contributed by atoms with Crippen LogP contribution in [0.15, 0.2) is 28.7 Å². The summed E-state index contributed by atoms with van der Waals surface area (Å²) in [5, 5.41) is 0. The zero-order valence-corrected chi connectivity index (χ0v) is 9.50. The fourth-order valence-electron chi connectivity index (χ4n) is 1.34. The van der Waals surface area contributed by atoms with Gasteiger partial charge in [0.25, 0.3) is 0 Å². The van der Waals surface area contributed by atoms with Crippen molar-refractivity contribution in [1.29, 1.82) is 0 Å². The highest BCUT2D eigenvalue weighted by molar-refractivity contribution is 9.12. The lowest BCUT2D eigenvalue weighted by molar-refractivity contribution is -0.149. The molecule has 1 aromatic rings. The molecule has 0 saturated carbocycles. The van der Waals surface area contributed by atoms with E-state index in [1.807, 2.05) is 19.1 Å². The molecule has 0 N–H and O–H groups in total. The third-order valence-electron chi connectivity index (χ3n) is 2.13.